The smallest absolute Gasteiger partial charge is 0.244 e. The van der Waals surface area contributed by atoms with Gasteiger partial charge in [0.25, 0.3) is 0 Å². The number of carbonyl (C=O) groups is 1. The topological polar surface area (TPSA) is 66.5 Å². The van der Waals surface area contributed by atoms with Gasteiger partial charge < -0.3 is 5.32 Å². The number of sulfonamides is 1. The van der Waals surface area contributed by atoms with Crippen LogP contribution in [0.2, 0.25) is 5.02 Å². The van der Waals surface area contributed by atoms with Gasteiger partial charge in [-0.15, -0.1) is 11.8 Å². The molecule has 0 radical (unpaired) electrons. The molecule has 0 bridgehead atoms. The minimum Gasteiger partial charge on any atom is -0.325 e. The standard InChI is InChI=1S/C20H23ClN2O3S2/c21-18-10-9-17(13-19(18)28(25,26)23-11-5-2-6-12-23)22-20(24)15-27-14-16-7-3-1-4-8-16/h1,3-4,7-10,13H,2,5-6,11-12,14-15H2,(H,22,24). The van der Waals surface area contributed by atoms with Gasteiger partial charge in [-0.05, 0) is 36.6 Å². The van der Waals surface area contributed by atoms with E-state index in [2.05, 4.69) is 5.32 Å². The highest BCUT2D eigenvalue weighted by atomic mass is 35.5. The Balaban J connectivity index is 1.63. The number of nitrogens with one attached hydrogen (secondary N) is 1. The summed E-state index contributed by atoms with van der Waals surface area (Å²) in [6.07, 6.45) is 2.74. The average Bonchev–Trinajstić information content (AvgIpc) is 2.71. The number of thioether (sulfide) groups is 1. The lowest BCUT2D eigenvalue weighted by atomic mass is 10.2. The van der Waals surface area contributed by atoms with E-state index in [0.29, 0.717) is 18.8 Å². The molecular weight excluding hydrogens is 416 g/mol. The Kier molecular flexibility index (Phi) is 7.40. The molecule has 0 unspecified atom stereocenters. The highest BCUT2D eigenvalue weighted by Gasteiger charge is 2.28. The number of carbonyl (C=O) groups excluding carboxylic acids is 1. The summed E-state index contributed by atoms with van der Waals surface area (Å²) in [7, 11) is -3.66. The van der Waals surface area contributed by atoms with Crippen LogP contribution < -0.4 is 5.32 Å². The van der Waals surface area contributed by atoms with Crippen LogP contribution in [0.4, 0.5) is 5.69 Å². The zero-order chi connectivity index (χ0) is 20.0. The fraction of sp³-hybridized carbons (Fsp3) is 0.350. The molecule has 2 aromatic rings. The molecule has 0 saturated carbocycles. The average molecular weight is 439 g/mol. The number of amides is 1. The summed E-state index contributed by atoms with van der Waals surface area (Å²) < 4.78 is 27.3. The lowest BCUT2D eigenvalue weighted by Crippen LogP contribution is -2.35. The molecule has 8 heteroatoms. The summed E-state index contributed by atoms with van der Waals surface area (Å²) >= 11 is 7.67. The second kappa shape index (κ2) is 9.78. The van der Waals surface area contributed by atoms with Gasteiger partial charge in [0.2, 0.25) is 15.9 Å². The number of rotatable bonds is 7. The lowest BCUT2D eigenvalue weighted by molar-refractivity contribution is -0.113. The number of nitrogens with zero attached hydrogens (tertiary/aromatic N) is 1. The Morgan fingerprint density at radius 1 is 1.07 bits per heavy atom. The van der Waals surface area contributed by atoms with Crippen molar-refractivity contribution in [1.82, 2.24) is 4.31 Å². The van der Waals surface area contributed by atoms with Crippen molar-refractivity contribution in [2.24, 2.45) is 0 Å². The van der Waals surface area contributed by atoms with Crippen LogP contribution in [0.5, 0.6) is 0 Å². The van der Waals surface area contributed by atoms with Gasteiger partial charge in [-0.2, -0.15) is 4.31 Å². The van der Waals surface area contributed by atoms with Crippen molar-refractivity contribution in [1.29, 1.82) is 0 Å². The van der Waals surface area contributed by atoms with E-state index >= 15 is 0 Å². The van der Waals surface area contributed by atoms with Gasteiger partial charge in [-0.3, -0.25) is 4.79 Å². The summed E-state index contributed by atoms with van der Waals surface area (Å²) in [6.45, 7) is 1.01. The number of piperidine rings is 1. The van der Waals surface area contributed by atoms with Gasteiger partial charge >= 0.3 is 0 Å². The predicted molar refractivity (Wildman–Crippen MR) is 115 cm³/mol. The van der Waals surface area contributed by atoms with E-state index in [9.17, 15) is 13.2 Å². The van der Waals surface area contributed by atoms with E-state index in [0.717, 1.165) is 30.6 Å². The van der Waals surface area contributed by atoms with Crippen LogP contribution in [0, 0.1) is 0 Å². The first-order chi connectivity index (χ1) is 13.5. The molecule has 1 amide bonds. The molecule has 1 saturated heterocycles. The summed E-state index contributed by atoms with van der Waals surface area (Å²) in [5.41, 5.74) is 1.59. The van der Waals surface area contributed by atoms with E-state index in [1.165, 1.54) is 28.2 Å². The fourth-order valence-electron chi connectivity index (χ4n) is 3.06. The van der Waals surface area contributed by atoms with Crippen molar-refractivity contribution >= 4 is 45.0 Å². The van der Waals surface area contributed by atoms with Crippen LogP contribution >= 0.6 is 23.4 Å². The summed E-state index contributed by atoms with van der Waals surface area (Å²) in [5, 5.41) is 2.94. The minimum atomic E-state index is -3.66. The molecule has 0 aliphatic carbocycles. The lowest BCUT2D eigenvalue weighted by Gasteiger charge is -2.26. The maximum Gasteiger partial charge on any atom is 0.244 e. The van der Waals surface area contributed by atoms with Crippen molar-refractivity contribution in [3.05, 3.63) is 59.1 Å². The van der Waals surface area contributed by atoms with Gasteiger partial charge in [0, 0.05) is 24.5 Å². The molecule has 3 rings (SSSR count). The number of hydrogen-bond donors (Lipinski definition) is 1. The number of halogens is 1. The Bertz CT molecular complexity index is 914. The van der Waals surface area contributed by atoms with Gasteiger partial charge in [-0.25, -0.2) is 8.42 Å². The van der Waals surface area contributed by atoms with E-state index in [1.54, 1.807) is 6.07 Å². The van der Waals surface area contributed by atoms with Crippen LogP contribution in [0.1, 0.15) is 24.8 Å². The highest BCUT2D eigenvalue weighted by Crippen LogP contribution is 2.29. The predicted octanol–water partition coefficient (Wildman–Crippen LogP) is 4.39. The van der Waals surface area contributed by atoms with Gasteiger partial charge in [-0.1, -0.05) is 48.4 Å². The normalized spacial score (nSPS) is 15.3. The zero-order valence-electron chi connectivity index (χ0n) is 15.4. The molecule has 28 heavy (non-hydrogen) atoms. The summed E-state index contributed by atoms with van der Waals surface area (Å²) in [6, 6.07) is 14.5. The first-order valence-corrected chi connectivity index (χ1v) is 12.2. The van der Waals surface area contributed by atoms with Crippen LogP contribution in [-0.2, 0) is 20.6 Å². The van der Waals surface area contributed by atoms with Crippen molar-refractivity contribution in [2.75, 3.05) is 24.2 Å². The number of anilines is 1. The third-order valence-electron chi connectivity index (χ3n) is 4.49. The first-order valence-electron chi connectivity index (χ1n) is 9.18. The zero-order valence-corrected chi connectivity index (χ0v) is 17.8. The molecule has 5 nitrogen and oxygen atoms in total. The second-order valence-electron chi connectivity index (χ2n) is 6.64. The highest BCUT2D eigenvalue weighted by molar-refractivity contribution is 7.99. The van der Waals surface area contributed by atoms with Crippen molar-refractivity contribution in [3.8, 4) is 0 Å². The maximum absolute atomic E-state index is 12.9. The van der Waals surface area contributed by atoms with Crippen molar-refractivity contribution in [3.63, 3.8) is 0 Å². The van der Waals surface area contributed by atoms with E-state index in [1.807, 2.05) is 30.3 Å². The molecule has 1 N–H and O–H groups in total. The van der Waals surface area contributed by atoms with E-state index in [-0.39, 0.29) is 21.6 Å². The van der Waals surface area contributed by atoms with Gasteiger partial charge in [0.05, 0.1) is 10.8 Å². The molecule has 0 spiro atoms. The molecule has 1 fully saturated rings. The molecule has 1 aliphatic rings. The molecular formula is C20H23ClN2O3S2. The van der Waals surface area contributed by atoms with E-state index in [4.69, 9.17) is 11.6 Å². The Morgan fingerprint density at radius 3 is 2.50 bits per heavy atom. The van der Waals surface area contributed by atoms with E-state index < -0.39 is 10.0 Å². The van der Waals surface area contributed by atoms with Crippen molar-refractivity contribution < 1.29 is 13.2 Å². The van der Waals surface area contributed by atoms with Crippen LogP contribution in [0.15, 0.2) is 53.4 Å². The van der Waals surface area contributed by atoms with Crippen LogP contribution in [0.25, 0.3) is 0 Å². The molecule has 150 valence electrons. The van der Waals surface area contributed by atoms with Gasteiger partial charge in [0.15, 0.2) is 0 Å². The molecule has 0 aromatic heterocycles. The third kappa shape index (κ3) is 5.50. The Labute approximate surface area is 175 Å². The summed E-state index contributed by atoms with van der Waals surface area (Å²) in [4.78, 5) is 12.3. The second-order valence-corrected chi connectivity index (χ2v) is 9.94. The quantitative estimate of drug-likeness (QED) is 0.696. The summed E-state index contributed by atoms with van der Waals surface area (Å²) in [5.74, 6) is 0.847. The SMILES string of the molecule is O=C(CSCc1ccccc1)Nc1ccc(Cl)c(S(=O)(=O)N2CCCCC2)c1. The number of benzene rings is 2. The first kappa shape index (κ1) is 21.2. The maximum atomic E-state index is 12.9. The monoisotopic (exact) mass is 438 g/mol. The minimum absolute atomic E-state index is 0.0470. The number of hydrogen-bond acceptors (Lipinski definition) is 4. The Hall–Kier alpha value is -1.54. The largest absolute Gasteiger partial charge is 0.325 e. The fourth-order valence-corrected chi connectivity index (χ4v) is 5.86. The van der Waals surface area contributed by atoms with Crippen molar-refractivity contribution in [2.45, 2.75) is 29.9 Å². The van der Waals surface area contributed by atoms with Gasteiger partial charge in [0.1, 0.15) is 4.90 Å². The van der Waals surface area contributed by atoms with Crippen LogP contribution in [-0.4, -0.2) is 37.5 Å². The molecule has 2 aromatic carbocycles. The third-order valence-corrected chi connectivity index (χ3v) is 7.88. The molecule has 0 atom stereocenters. The molecule has 1 heterocycles. The molecule has 1 aliphatic heterocycles. The Morgan fingerprint density at radius 2 is 1.79 bits per heavy atom. The van der Waals surface area contributed by atoms with Crippen LogP contribution in [0.3, 0.4) is 0 Å².